The first-order valence-electron chi connectivity index (χ1n) is 8.06. The molecule has 0 aliphatic heterocycles. The van der Waals surface area contributed by atoms with Crippen molar-refractivity contribution in [1.82, 2.24) is 4.57 Å². The van der Waals surface area contributed by atoms with Crippen molar-refractivity contribution in [2.45, 2.75) is 11.4 Å². The number of benzene rings is 2. The fourth-order valence-electron chi connectivity index (χ4n) is 2.63. The average molecular weight is 389 g/mol. The van der Waals surface area contributed by atoms with Crippen molar-refractivity contribution in [3.05, 3.63) is 52.8 Å². The zero-order valence-corrected chi connectivity index (χ0v) is 16.5. The largest absolute Gasteiger partial charge is 0.496 e. The smallest absolute Gasteiger partial charge is 0.283 e. The summed E-state index contributed by atoms with van der Waals surface area (Å²) in [6, 6.07) is 13.5. The standard InChI is InChI=1S/C19H20N2O3S2/c1-23-11-10-21-15-6-4-5-7-17(15)26-19(21)20-18(22)14-9-8-13(25-3)12-16(14)24-2/h4-9,12H,10-11H2,1-3H3. The summed E-state index contributed by atoms with van der Waals surface area (Å²) in [5.74, 6) is 0.224. The van der Waals surface area contributed by atoms with Crippen LogP contribution in [0.1, 0.15) is 10.4 Å². The van der Waals surface area contributed by atoms with E-state index in [1.54, 1.807) is 32.0 Å². The number of fused-ring (bicyclic) bond motifs is 1. The lowest BCUT2D eigenvalue weighted by molar-refractivity contribution is 0.0994. The number of carbonyl (C=O) groups is 1. The van der Waals surface area contributed by atoms with Crippen LogP contribution in [-0.2, 0) is 11.3 Å². The minimum atomic E-state index is -0.313. The molecule has 1 aromatic heterocycles. The normalized spacial score (nSPS) is 11.9. The van der Waals surface area contributed by atoms with Gasteiger partial charge in [0, 0.05) is 18.6 Å². The molecule has 1 heterocycles. The van der Waals surface area contributed by atoms with Crippen molar-refractivity contribution in [3.63, 3.8) is 0 Å². The molecule has 0 atom stereocenters. The Morgan fingerprint density at radius 2 is 2.04 bits per heavy atom. The molecule has 1 amide bonds. The number of rotatable bonds is 6. The highest BCUT2D eigenvalue weighted by atomic mass is 32.2. The maximum atomic E-state index is 12.8. The summed E-state index contributed by atoms with van der Waals surface area (Å²) in [5.41, 5.74) is 1.51. The van der Waals surface area contributed by atoms with Gasteiger partial charge >= 0.3 is 0 Å². The second kappa shape index (κ2) is 8.53. The molecule has 0 aliphatic carbocycles. The van der Waals surface area contributed by atoms with E-state index in [-0.39, 0.29) is 5.91 Å². The number of carbonyl (C=O) groups excluding carboxylic acids is 1. The van der Waals surface area contributed by atoms with E-state index < -0.39 is 0 Å². The Kier molecular flexibility index (Phi) is 6.13. The van der Waals surface area contributed by atoms with Gasteiger partial charge < -0.3 is 14.0 Å². The quantitative estimate of drug-likeness (QED) is 0.603. The number of ether oxygens (including phenoxy) is 2. The number of para-hydroxylation sites is 1. The lowest BCUT2D eigenvalue weighted by Gasteiger charge is -2.07. The molecular formula is C19H20N2O3S2. The van der Waals surface area contributed by atoms with Crippen molar-refractivity contribution in [2.24, 2.45) is 4.99 Å². The Morgan fingerprint density at radius 1 is 1.23 bits per heavy atom. The lowest BCUT2D eigenvalue weighted by atomic mass is 10.2. The summed E-state index contributed by atoms with van der Waals surface area (Å²) < 4.78 is 13.7. The zero-order chi connectivity index (χ0) is 18.5. The van der Waals surface area contributed by atoms with Crippen molar-refractivity contribution < 1.29 is 14.3 Å². The van der Waals surface area contributed by atoms with Crippen LogP contribution in [0, 0.1) is 0 Å². The van der Waals surface area contributed by atoms with Crippen LogP contribution in [-0.4, -0.2) is 37.6 Å². The molecule has 0 radical (unpaired) electrons. The molecule has 3 aromatic rings. The fourth-order valence-corrected chi connectivity index (χ4v) is 4.11. The Hall–Kier alpha value is -2.09. The van der Waals surface area contributed by atoms with Gasteiger partial charge in [-0.05, 0) is 36.6 Å². The number of amides is 1. The van der Waals surface area contributed by atoms with Gasteiger partial charge in [-0.1, -0.05) is 23.5 Å². The Bertz CT molecular complexity index is 992. The molecule has 0 spiro atoms. The van der Waals surface area contributed by atoms with Crippen molar-refractivity contribution >= 4 is 39.2 Å². The number of thiazole rings is 1. The molecule has 0 saturated heterocycles. The second-order valence-corrected chi connectivity index (χ2v) is 7.37. The molecule has 0 unspecified atom stereocenters. The first kappa shape index (κ1) is 18.7. The Balaban J connectivity index is 2.08. The van der Waals surface area contributed by atoms with Crippen LogP contribution in [0.5, 0.6) is 5.75 Å². The van der Waals surface area contributed by atoms with Gasteiger partial charge in [0.2, 0.25) is 0 Å². The Labute approximate surface area is 160 Å². The third-order valence-corrected chi connectivity index (χ3v) is 5.73. The van der Waals surface area contributed by atoms with E-state index in [0.717, 1.165) is 15.1 Å². The molecule has 0 N–H and O–H groups in total. The molecular weight excluding hydrogens is 368 g/mol. The summed E-state index contributed by atoms with van der Waals surface area (Å²) in [6.45, 7) is 1.18. The zero-order valence-electron chi connectivity index (χ0n) is 14.9. The van der Waals surface area contributed by atoms with Crippen molar-refractivity contribution in [3.8, 4) is 5.75 Å². The average Bonchev–Trinajstić information content (AvgIpc) is 3.02. The number of nitrogens with zero attached hydrogens (tertiary/aromatic N) is 2. The SMILES string of the molecule is COCCn1c(=NC(=O)c2ccc(SC)cc2OC)sc2ccccc21. The van der Waals surface area contributed by atoms with E-state index in [1.807, 2.05) is 47.2 Å². The summed E-state index contributed by atoms with van der Waals surface area (Å²) in [5, 5.41) is 0. The van der Waals surface area contributed by atoms with E-state index >= 15 is 0 Å². The van der Waals surface area contributed by atoms with Gasteiger partial charge in [0.25, 0.3) is 5.91 Å². The fraction of sp³-hybridized carbons (Fsp3) is 0.263. The van der Waals surface area contributed by atoms with Crippen LogP contribution in [0.15, 0.2) is 52.4 Å². The first-order chi connectivity index (χ1) is 12.7. The summed E-state index contributed by atoms with van der Waals surface area (Å²) in [4.78, 5) is 18.9. The first-order valence-corrected chi connectivity index (χ1v) is 10.1. The molecule has 2 aromatic carbocycles. The highest BCUT2D eigenvalue weighted by Gasteiger charge is 2.14. The highest BCUT2D eigenvalue weighted by Crippen LogP contribution is 2.26. The monoisotopic (exact) mass is 388 g/mol. The van der Waals surface area contributed by atoms with Crippen LogP contribution in [0.2, 0.25) is 0 Å². The van der Waals surface area contributed by atoms with Gasteiger partial charge in [0.1, 0.15) is 5.75 Å². The third-order valence-electron chi connectivity index (χ3n) is 3.94. The van der Waals surface area contributed by atoms with Gasteiger partial charge in [-0.25, -0.2) is 0 Å². The summed E-state index contributed by atoms with van der Waals surface area (Å²) >= 11 is 3.09. The minimum absolute atomic E-state index is 0.313. The van der Waals surface area contributed by atoms with Crippen molar-refractivity contribution in [1.29, 1.82) is 0 Å². The molecule has 0 aliphatic rings. The maximum Gasteiger partial charge on any atom is 0.283 e. The topological polar surface area (TPSA) is 52.8 Å². The van der Waals surface area contributed by atoms with Crippen LogP contribution < -0.4 is 9.54 Å². The highest BCUT2D eigenvalue weighted by molar-refractivity contribution is 7.98. The van der Waals surface area contributed by atoms with Gasteiger partial charge in [0.05, 0.1) is 29.5 Å². The molecule has 0 fully saturated rings. The number of thioether (sulfide) groups is 1. The van der Waals surface area contributed by atoms with E-state index in [0.29, 0.717) is 29.3 Å². The minimum Gasteiger partial charge on any atom is -0.496 e. The van der Waals surface area contributed by atoms with Gasteiger partial charge in [-0.2, -0.15) is 4.99 Å². The summed E-state index contributed by atoms with van der Waals surface area (Å²) in [6.07, 6.45) is 1.98. The van der Waals surface area contributed by atoms with E-state index in [9.17, 15) is 4.79 Å². The van der Waals surface area contributed by atoms with E-state index in [4.69, 9.17) is 9.47 Å². The number of methoxy groups -OCH3 is 2. The van der Waals surface area contributed by atoms with Crippen LogP contribution >= 0.6 is 23.1 Å². The van der Waals surface area contributed by atoms with E-state index in [2.05, 4.69) is 4.99 Å². The van der Waals surface area contributed by atoms with Gasteiger partial charge in [-0.15, -0.1) is 11.8 Å². The van der Waals surface area contributed by atoms with Crippen molar-refractivity contribution in [2.75, 3.05) is 27.1 Å². The van der Waals surface area contributed by atoms with Crippen LogP contribution in [0.25, 0.3) is 10.2 Å². The van der Waals surface area contributed by atoms with E-state index in [1.165, 1.54) is 11.3 Å². The van der Waals surface area contributed by atoms with Gasteiger partial charge in [0.15, 0.2) is 4.80 Å². The molecule has 7 heteroatoms. The van der Waals surface area contributed by atoms with Gasteiger partial charge in [-0.3, -0.25) is 4.79 Å². The predicted molar refractivity (Wildman–Crippen MR) is 106 cm³/mol. The van der Waals surface area contributed by atoms with Crippen LogP contribution in [0.4, 0.5) is 0 Å². The summed E-state index contributed by atoms with van der Waals surface area (Å²) in [7, 11) is 3.23. The number of aromatic nitrogens is 1. The number of hydrogen-bond acceptors (Lipinski definition) is 5. The molecule has 5 nitrogen and oxygen atoms in total. The lowest BCUT2D eigenvalue weighted by Crippen LogP contribution is -2.19. The third kappa shape index (κ3) is 3.85. The van der Waals surface area contributed by atoms with Crippen LogP contribution in [0.3, 0.4) is 0 Å². The molecule has 0 bridgehead atoms. The molecule has 136 valence electrons. The molecule has 0 saturated carbocycles. The Morgan fingerprint density at radius 3 is 2.77 bits per heavy atom. The predicted octanol–water partition coefficient (Wildman–Crippen LogP) is 3.82. The maximum absolute atomic E-state index is 12.8. The second-order valence-electron chi connectivity index (χ2n) is 5.48. The molecule has 26 heavy (non-hydrogen) atoms. The molecule has 3 rings (SSSR count). The number of hydrogen-bond donors (Lipinski definition) is 0.